The molecule has 1 aromatic carbocycles. The quantitative estimate of drug-likeness (QED) is 0.525. The van der Waals surface area contributed by atoms with Crippen molar-refractivity contribution in [3.05, 3.63) is 40.8 Å². The molecule has 0 N–H and O–H groups in total. The normalized spacial score (nSPS) is 19.2. The van der Waals surface area contributed by atoms with Crippen molar-refractivity contribution in [1.29, 1.82) is 0 Å². The van der Waals surface area contributed by atoms with Gasteiger partial charge in [0.15, 0.2) is 0 Å². The zero-order chi connectivity index (χ0) is 17.4. The van der Waals surface area contributed by atoms with Crippen molar-refractivity contribution < 1.29 is 0 Å². The molecular weight excluding hydrogens is 288 g/mol. The fraction of sp³-hybridized carbons (Fsp3) is 0.708. The van der Waals surface area contributed by atoms with Gasteiger partial charge in [-0.15, -0.1) is 0 Å². The molecule has 0 bridgehead atoms. The zero-order valence-electron chi connectivity index (χ0n) is 16.7. The van der Waals surface area contributed by atoms with Crippen molar-refractivity contribution in [2.75, 3.05) is 0 Å². The molecule has 0 heteroatoms. The average molecular weight is 328 g/mol. The fourth-order valence-electron chi connectivity index (χ4n) is 4.25. The van der Waals surface area contributed by atoms with Gasteiger partial charge in [0, 0.05) is 5.92 Å². The molecule has 2 rings (SSSR count). The lowest BCUT2D eigenvalue weighted by atomic mass is 9.78. The van der Waals surface area contributed by atoms with Crippen LogP contribution < -0.4 is 0 Å². The molecule has 24 heavy (non-hydrogen) atoms. The lowest BCUT2D eigenvalue weighted by Gasteiger charge is -2.27. The second-order valence-corrected chi connectivity index (χ2v) is 8.41. The smallest absolute Gasteiger partial charge is 0.00556 e. The van der Waals surface area contributed by atoms with Crippen molar-refractivity contribution in [2.24, 2.45) is 0 Å². The molecular formula is C24H39. The first kappa shape index (κ1) is 19.5. The molecule has 1 aromatic rings. The van der Waals surface area contributed by atoms with E-state index in [4.69, 9.17) is 0 Å². The van der Waals surface area contributed by atoms with Crippen LogP contribution in [-0.2, 0) is 0 Å². The first-order chi connectivity index (χ1) is 11.6. The van der Waals surface area contributed by atoms with Crippen LogP contribution in [0.2, 0.25) is 0 Å². The Hall–Kier alpha value is -0.780. The molecule has 0 aromatic heterocycles. The van der Waals surface area contributed by atoms with Gasteiger partial charge in [-0.2, -0.15) is 0 Å². The van der Waals surface area contributed by atoms with Gasteiger partial charge < -0.3 is 0 Å². The largest absolute Gasteiger partial charge is 0.0617 e. The molecule has 1 fully saturated rings. The predicted molar refractivity (Wildman–Crippen MR) is 108 cm³/mol. The van der Waals surface area contributed by atoms with Crippen molar-refractivity contribution in [2.45, 2.75) is 110 Å². The minimum absolute atomic E-state index is 0.618. The highest BCUT2D eigenvalue weighted by Crippen LogP contribution is 2.38. The van der Waals surface area contributed by atoms with Crippen molar-refractivity contribution in [1.82, 2.24) is 0 Å². The number of hydrogen-bond acceptors (Lipinski definition) is 0. The van der Waals surface area contributed by atoms with Gasteiger partial charge in [-0.3, -0.25) is 0 Å². The Kier molecular flexibility index (Phi) is 8.36. The van der Waals surface area contributed by atoms with Gasteiger partial charge in [0.25, 0.3) is 0 Å². The average Bonchev–Trinajstić information content (AvgIpc) is 2.54. The van der Waals surface area contributed by atoms with Gasteiger partial charge >= 0.3 is 0 Å². The molecule has 0 unspecified atom stereocenters. The van der Waals surface area contributed by atoms with Crippen LogP contribution in [0.5, 0.6) is 0 Å². The molecule has 1 aliphatic carbocycles. The summed E-state index contributed by atoms with van der Waals surface area (Å²) in [6, 6.07) is 7.05. The van der Waals surface area contributed by atoms with E-state index < -0.39 is 0 Å². The second kappa shape index (κ2) is 10.3. The molecule has 0 nitrogen and oxygen atoms in total. The molecule has 0 spiro atoms. The summed E-state index contributed by atoms with van der Waals surface area (Å²) in [6.07, 6.45) is 15.5. The molecule has 135 valence electrons. The van der Waals surface area contributed by atoms with Crippen molar-refractivity contribution >= 4 is 0 Å². The summed E-state index contributed by atoms with van der Waals surface area (Å²) in [7, 11) is 0. The van der Waals surface area contributed by atoms with Crippen LogP contribution in [0.25, 0.3) is 0 Å². The van der Waals surface area contributed by atoms with E-state index >= 15 is 0 Å². The minimum atomic E-state index is 0.618. The third-order valence-electron chi connectivity index (χ3n) is 5.68. The Morgan fingerprint density at radius 1 is 0.583 bits per heavy atom. The van der Waals surface area contributed by atoms with Gasteiger partial charge in [-0.1, -0.05) is 104 Å². The summed E-state index contributed by atoms with van der Waals surface area (Å²) in [5, 5.41) is 0. The number of rotatable bonds is 3. The third-order valence-corrected chi connectivity index (χ3v) is 5.68. The molecule has 0 amide bonds. The summed E-state index contributed by atoms with van der Waals surface area (Å²) in [5.74, 6) is 3.00. The Morgan fingerprint density at radius 3 is 1.33 bits per heavy atom. The van der Waals surface area contributed by atoms with Crippen LogP contribution in [0.15, 0.2) is 18.2 Å². The van der Waals surface area contributed by atoms with E-state index in [2.05, 4.69) is 45.9 Å². The van der Waals surface area contributed by atoms with Crippen molar-refractivity contribution in [3.8, 4) is 0 Å². The first-order valence-electron chi connectivity index (χ1n) is 10.6. The second-order valence-electron chi connectivity index (χ2n) is 8.41. The van der Waals surface area contributed by atoms with E-state index in [9.17, 15) is 0 Å². The maximum absolute atomic E-state index is 2.38. The van der Waals surface area contributed by atoms with Gasteiger partial charge in [-0.05, 0) is 41.4 Å². The first-order valence-corrected chi connectivity index (χ1v) is 10.6. The Bertz CT molecular complexity index is 431. The molecule has 1 saturated carbocycles. The Morgan fingerprint density at radius 2 is 0.958 bits per heavy atom. The van der Waals surface area contributed by atoms with Crippen LogP contribution in [-0.4, -0.2) is 0 Å². The summed E-state index contributed by atoms with van der Waals surface area (Å²) in [4.78, 5) is 0. The van der Waals surface area contributed by atoms with Gasteiger partial charge in [0.1, 0.15) is 0 Å². The van der Waals surface area contributed by atoms with Crippen LogP contribution in [0, 0.1) is 5.92 Å². The number of hydrogen-bond donors (Lipinski definition) is 0. The zero-order valence-corrected chi connectivity index (χ0v) is 16.7. The molecule has 0 atom stereocenters. The van der Waals surface area contributed by atoms with Gasteiger partial charge in [-0.25, -0.2) is 0 Å². The Labute approximate surface area is 151 Å². The summed E-state index contributed by atoms with van der Waals surface area (Å²) in [5.41, 5.74) is 4.83. The molecule has 0 saturated heterocycles. The van der Waals surface area contributed by atoms with E-state index in [1.807, 2.05) is 0 Å². The van der Waals surface area contributed by atoms with Crippen LogP contribution in [0.1, 0.15) is 127 Å². The monoisotopic (exact) mass is 327 g/mol. The van der Waals surface area contributed by atoms with E-state index in [0.717, 1.165) is 0 Å². The van der Waals surface area contributed by atoms with Crippen LogP contribution >= 0.6 is 0 Å². The fourth-order valence-corrected chi connectivity index (χ4v) is 4.25. The lowest BCUT2D eigenvalue weighted by Crippen LogP contribution is -2.11. The predicted octanol–water partition coefficient (Wildman–Crippen LogP) is 8.16. The van der Waals surface area contributed by atoms with Crippen LogP contribution in [0.4, 0.5) is 0 Å². The lowest BCUT2D eigenvalue weighted by molar-refractivity contribution is 0.523. The number of benzene rings is 1. The SMILES string of the molecule is CC(C)c1cccc(C(C)C)c1[C]1CCCCCCCCCCC1. The topological polar surface area (TPSA) is 0 Å². The van der Waals surface area contributed by atoms with E-state index in [-0.39, 0.29) is 0 Å². The Balaban J connectivity index is 2.26. The minimum Gasteiger partial charge on any atom is -0.0617 e. The molecule has 1 radical (unpaired) electrons. The summed E-state index contributed by atoms with van der Waals surface area (Å²) >= 11 is 0. The standard InChI is InChI=1S/C24H39/c1-19(2)22-17-14-18-23(20(3)4)24(22)21-15-12-10-8-6-5-7-9-11-13-16-21/h14,17-20H,5-13,15-16H2,1-4H3. The van der Waals surface area contributed by atoms with Gasteiger partial charge in [0.05, 0.1) is 0 Å². The maximum atomic E-state index is 2.38. The van der Waals surface area contributed by atoms with E-state index in [1.54, 1.807) is 22.6 Å². The summed E-state index contributed by atoms with van der Waals surface area (Å²) in [6.45, 7) is 9.44. The maximum Gasteiger partial charge on any atom is 0.00556 e. The van der Waals surface area contributed by atoms with E-state index in [1.165, 1.54) is 70.6 Å². The summed E-state index contributed by atoms with van der Waals surface area (Å²) < 4.78 is 0. The van der Waals surface area contributed by atoms with E-state index in [0.29, 0.717) is 11.8 Å². The molecule has 0 heterocycles. The highest BCUT2D eigenvalue weighted by molar-refractivity contribution is 5.47. The van der Waals surface area contributed by atoms with Gasteiger partial charge in [0.2, 0.25) is 0 Å². The highest BCUT2D eigenvalue weighted by Gasteiger charge is 2.22. The molecule has 0 aliphatic heterocycles. The van der Waals surface area contributed by atoms with Crippen molar-refractivity contribution in [3.63, 3.8) is 0 Å². The molecule has 1 aliphatic rings. The third kappa shape index (κ3) is 5.64. The highest BCUT2D eigenvalue weighted by atomic mass is 14.3. The van der Waals surface area contributed by atoms with Crippen LogP contribution in [0.3, 0.4) is 0 Å².